The van der Waals surface area contributed by atoms with E-state index in [1.54, 1.807) is 32.0 Å². The normalized spacial score (nSPS) is 20.4. The molecule has 4 aromatic carbocycles. The predicted octanol–water partition coefficient (Wildman–Crippen LogP) is 3.67. The van der Waals surface area contributed by atoms with Crippen LogP contribution in [0.2, 0.25) is 0 Å². The van der Waals surface area contributed by atoms with Crippen LogP contribution in [0.3, 0.4) is 0 Å². The van der Waals surface area contributed by atoms with Crippen molar-refractivity contribution in [2.75, 3.05) is 20.8 Å². The number of ketones is 1. The van der Waals surface area contributed by atoms with Gasteiger partial charge in [0.25, 0.3) is 0 Å². The molecule has 3 atom stereocenters. The summed E-state index contributed by atoms with van der Waals surface area (Å²) in [4.78, 5) is 69.3. The molecule has 1 aromatic heterocycles. The molecular weight excluding hydrogens is 622 g/mol. The number of carbonyl (C=O) groups excluding carboxylic acids is 3. The summed E-state index contributed by atoms with van der Waals surface area (Å²) < 4.78 is 23.6. The molecule has 0 amide bonds. The molecule has 242 valence electrons. The molecule has 8 rings (SSSR count). The quantitative estimate of drug-likeness (QED) is 0.273. The minimum Gasteiger partial charge on any atom is -0.507 e. The van der Waals surface area contributed by atoms with Crippen molar-refractivity contribution in [3.8, 4) is 28.8 Å². The van der Waals surface area contributed by atoms with E-state index >= 15 is 4.79 Å². The summed E-state index contributed by atoms with van der Waals surface area (Å²) in [5, 5.41) is 23.1. The fraction of sp³-hybridized carbons (Fsp3) is 0.250. The summed E-state index contributed by atoms with van der Waals surface area (Å²) in [5.41, 5.74) is -1.49. The van der Waals surface area contributed by atoms with Gasteiger partial charge in [-0.1, -0.05) is 0 Å². The number of aromatic hydroxyl groups is 2. The number of Topliss-reactive ketones (excluding diaryl/α,β-unsaturated/α-hetero) is 1. The van der Waals surface area contributed by atoms with Crippen LogP contribution in [-0.4, -0.2) is 59.4 Å². The lowest BCUT2D eigenvalue weighted by molar-refractivity contribution is -0.150. The Morgan fingerprint density at radius 2 is 1.65 bits per heavy atom. The molecule has 2 aliphatic carbocycles. The molecule has 48 heavy (non-hydrogen) atoms. The number of nitrogens with zero attached hydrogens (tertiary/aromatic N) is 1. The maximum absolute atomic E-state index is 15.1. The number of rotatable bonds is 4. The third-order valence-electron chi connectivity index (χ3n) is 10.1. The number of hydrogen-bond acceptors (Lipinski definition) is 11. The van der Waals surface area contributed by atoms with E-state index in [2.05, 4.69) is 0 Å². The highest BCUT2D eigenvalue weighted by Gasteiger charge is 2.67. The second-order valence-electron chi connectivity index (χ2n) is 12.5. The van der Waals surface area contributed by atoms with Crippen LogP contribution in [-0.2, 0) is 19.7 Å². The zero-order valence-electron chi connectivity index (χ0n) is 26.3. The average molecular weight is 650 g/mol. The Morgan fingerprint density at radius 3 is 2.33 bits per heavy atom. The zero-order chi connectivity index (χ0) is 34.1. The Bertz CT molecular complexity index is 2480. The maximum atomic E-state index is 15.1. The van der Waals surface area contributed by atoms with Gasteiger partial charge in [0.05, 0.1) is 36.6 Å². The van der Waals surface area contributed by atoms with Gasteiger partial charge in [0.15, 0.2) is 28.1 Å². The van der Waals surface area contributed by atoms with Crippen molar-refractivity contribution < 1.29 is 43.5 Å². The van der Waals surface area contributed by atoms with Crippen molar-refractivity contribution in [2.45, 2.75) is 38.2 Å². The molecule has 3 aliphatic rings. The molecule has 12 nitrogen and oxygen atoms in total. The largest absolute Gasteiger partial charge is 0.507 e. The van der Waals surface area contributed by atoms with Gasteiger partial charge in [-0.15, -0.1) is 0 Å². The van der Waals surface area contributed by atoms with Gasteiger partial charge in [0.2, 0.25) is 5.88 Å². The van der Waals surface area contributed by atoms with Crippen LogP contribution in [0.4, 0.5) is 0 Å². The van der Waals surface area contributed by atoms with Crippen molar-refractivity contribution in [3.05, 3.63) is 95.9 Å². The summed E-state index contributed by atoms with van der Waals surface area (Å²) in [6, 6.07) is 7.41. The molecule has 2 heterocycles. The number of hydrogen-bond donors (Lipinski definition) is 2. The molecule has 0 saturated heterocycles. The molecule has 2 bridgehead atoms. The Morgan fingerprint density at radius 1 is 0.917 bits per heavy atom. The number of carbonyl (C=O) groups is 3. The van der Waals surface area contributed by atoms with Gasteiger partial charge >= 0.3 is 11.9 Å². The van der Waals surface area contributed by atoms with E-state index in [1.165, 1.54) is 44.0 Å². The lowest BCUT2D eigenvalue weighted by Gasteiger charge is -2.44. The molecule has 0 saturated carbocycles. The van der Waals surface area contributed by atoms with E-state index in [1.807, 2.05) is 0 Å². The standard InChI is InChI=1S/C36H27NO11/c1-13-8-18(39)25-24-17(11-37(34(25)43)16-6-7-20(45-4)21(10-16)46-5)31(41)30-27(22(13)24)28-32(42)23-14(2)9-19(40)26-29(23)36(30,12-47-35(26)44)33(28)48-15(3)38/h6-11,28,33,40,43H,12H2,1-5H3/t28-,33-,36-/m0/s1. The van der Waals surface area contributed by atoms with Crippen LogP contribution in [0.25, 0.3) is 27.2 Å². The SMILES string of the molecule is COc1ccc(-n2cc3c(=O)c4c(c5c(C)cc(=O)c(c2O)c53)[C@H]2C(=O)c3c(C)cc(O)c5c3[C@]4(COC5=O)[C@H]2OC(C)=O)cc1OC. The van der Waals surface area contributed by atoms with Crippen LogP contribution < -0.4 is 20.3 Å². The first kappa shape index (κ1) is 29.5. The van der Waals surface area contributed by atoms with Gasteiger partial charge in [-0.05, 0) is 65.8 Å². The molecule has 12 heteroatoms. The first-order valence-corrected chi connectivity index (χ1v) is 15.1. The number of cyclic esters (lactones) is 1. The van der Waals surface area contributed by atoms with Gasteiger partial charge in [0.1, 0.15) is 24.0 Å². The Hall–Kier alpha value is -5.91. The number of ether oxygens (including phenoxy) is 4. The minimum atomic E-state index is -1.67. The molecule has 0 radical (unpaired) electrons. The number of fused-ring (bicyclic) bond motifs is 4. The fourth-order valence-electron chi connectivity index (χ4n) is 8.34. The van der Waals surface area contributed by atoms with Crippen molar-refractivity contribution >= 4 is 39.3 Å². The van der Waals surface area contributed by atoms with Crippen LogP contribution in [0.1, 0.15) is 61.4 Å². The smallest absolute Gasteiger partial charge is 0.342 e. The zero-order valence-corrected chi connectivity index (χ0v) is 26.3. The summed E-state index contributed by atoms with van der Waals surface area (Å²) in [7, 11) is 2.91. The highest BCUT2D eigenvalue weighted by Crippen LogP contribution is 2.61. The molecule has 0 unspecified atom stereocenters. The van der Waals surface area contributed by atoms with Gasteiger partial charge in [0, 0.05) is 41.1 Å². The van der Waals surface area contributed by atoms with Crippen LogP contribution >= 0.6 is 0 Å². The van der Waals surface area contributed by atoms with Gasteiger partial charge in [-0.25, -0.2) is 4.79 Å². The lowest BCUT2D eigenvalue weighted by atomic mass is 9.63. The number of esters is 2. The van der Waals surface area contributed by atoms with E-state index in [4.69, 9.17) is 18.9 Å². The Kier molecular flexibility index (Phi) is 5.88. The predicted molar refractivity (Wildman–Crippen MR) is 171 cm³/mol. The number of aryl methyl sites for hydroxylation is 2. The monoisotopic (exact) mass is 649 g/mol. The van der Waals surface area contributed by atoms with Gasteiger partial charge in [-0.3, -0.25) is 23.7 Å². The molecule has 0 fully saturated rings. The number of phenols is 1. The summed E-state index contributed by atoms with van der Waals surface area (Å²) in [6.07, 6.45) is 0.0820. The summed E-state index contributed by atoms with van der Waals surface area (Å²) >= 11 is 0. The van der Waals surface area contributed by atoms with E-state index < -0.39 is 64.3 Å². The average Bonchev–Trinajstić information content (AvgIpc) is 3.25. The summed E-state index contributed by atoms with van der Waals surface area (Å²) in [5.74, 6) is -3.51. The second-order valence-corrected chi connectivity index (χ2v) is 12.5. The van der Waals surface area contributed by atoms with Gasteiger partial charge < -0.3 is 29.2 Å². The maximum Gasteiger partial charge on any atom is 0.342 e. The highest BCUT2D eigenvalue weighted by molar-refractivity contribution is 6.19. The molecular formula is C36H27NO11. The van der Waals surface area contributed by atoms with E-state index in [9.17, 15) is 29.4 Å². The molecule has 2 N–H and O–H groups in total. The first-order valence-electron chi connectivity index (χ1n) is 15.1. The second kappa shape index (κ2) is 9.57. The fourth-order valence-corrected chi connectivity index (χ4v) is 8.34. The van der Waals surface area contributed by atoms with Crippen molar-refractivity contribution in [1.82, 2.24) is 4.57 Å². The van der Waals surface area contributed by atoms with E-state index in [-0.39, 0.29) is 44.0 Å². The third kappa shape index (κ3) is 3.36. The van der Waals surface area contributed by atoms with E-state index in [0.717, 1.165) is 0 Å². The Balaban J connectivity index is 1.59. The first-order chi connectivity index (χ1) is 22.9. The van der Waals surface area contributed by atoms with Crippen LogP contribution in [0, 0.1) is 13.8 Å². The number of pyridine rings is 1. The van der Waals surface area contributed by atoms with E-state index in [0.29, 0.717) is 33.7 Å². The number of methoxy groups -OCH3 is 2. The van der Waals surface area contributed by atoms with Crippen LogP contribution in [0.15, 0.2) is 46.1 Å². The number of benzene rings is 4. The minimum absolute atomic E-state index is 0.0277. The third-order valence-corrected chi connectivity index (χ3v) is 10.1. The topological polar surface area (TPSA) is 168 Å². The molecule has 1 spiro atoms. The van der Waals surface area contributed by atoms with Gasteiger partial charge in [-0.2, -0.15) is 0 Å². The van der Waals surface area contributed by atoms with Crippen molar-refractivity contribution in [3.63, 3.8) is 0 Å². The summed E-state index contributed by atoms with van der Waals surface area (Å²) in [6.45, 7) is 4.00. The lowest BCUT2D eigenvalue weighted by Crippen LogP contribution is -2.55. The van der Waals surface area contributed by atoms with Crippen molar-refractivity contribution in [1.29, 1.82) is 0 Å². The van der Waals surface area contributed by atoms with Crippen molar-refractivity contribution in [2.24, 2.45) is 0 Å². The Labute approximate surface area is 271 Å². The number of aromatic nitrogens is 1. The molecule has 1 aliphatic heterocycles. The van der Waals surface area contributed by atoms with Crippen LogP contribution in [0.5, 0.6) is 23.1 Å². The number of phenolic OH excluding ortho intramolecular Hbond substituents is 1. The highest BCUT2D eigenvalue weighted by atomic mass is 16.6. The molecule has 5 aromatic rings.